The van der Waals surface area contributed by atoms with Crippen molar-refractivity contribution in [2.24, 2.45) is 5.92 Å². The van der Waals surface area contributed by atoms with Crippen molar-refractivity contribution in [3.63, 3.8) is 0 Å². The molecular formula is C16H27N3O. The highest BCUT2D eigenvalue weighted by Gasteiger charge is 2.20. The topological polar surface area (TPSA) is 48.4 Å². The fraction of sp³-hybridized carbons (Fsp3) is 0.688. The van der Waals surface area contributed by atoms with Gasteiger partial charge in [-0.1, -0.05) is 13.8 Å². The normalized spacial score (nSPS) is 19.6. The maximum Gasteiger partial charge on any atom is 0.131 e. The van der Waals surface area contributed by atoms with Gasteiger partial charge in [-0.15, -0.1) is 0 Å². The van der Waals surface area contributed by atoms with Crippen molar-refractivity contribution in [1.82, 2.24) is 10.3 Å². The Bertz CT molecular complexity index is 434. The number of aliphatic hydroxyl groups excluding tert-OH is 1. The third-order valence-electron chi connectivity index (χ3n) is 3.69. The number of nitrogens with one attached hydrogen (secondary N) is 1. The van der Waals surface area contributed by atoms with Gasteiger partial charge < -0.3 is 15.3 Å². The van der Waals surface area contributed by atoms with Crippen LogP contribution in [0.3, 0.4) is 0 Å². The molecule has 0 aromatic carbocycles. The third kappa shape index (κ3) is 4.18. The lowest BCUT2D eigenvalue weighted by atomic mass is 10.1. The molecule has 20 heavy (non-hydrogen) atoms. The highest BCUT2D eigenvalue weighted by atomic mass is 16.3. The Morgan fingerprint density at radius 2 is 2.30 bits per heavy atom. The fourth-order valence-electron chi connectivity index (χ4n) is 2.71. The molecule has 1 aromatic rings. The summed E-state index contributed by atoms with van der Waals surface area (Å²) in [6, 6.07) is 2.21. The molecule has 4 nitrogen and oxygen atoms in total. The van der Waals surface area contributed by atoms with Crippen LogP contribution in [0.4, 0.5) is 5.82 Å². The highest BCUT2D eigenvalue weighted by Crippen LogP contribution is 2.22. The second-order valence-corrected chi connectivity index (χ2v) is 6.25. The number of aliphatic hydroxyl groups is 1. The number of rotatable bonds is 5. The van der Waals surface area contributed by atoms with Crippen molar-refractivity contribution in [1.29, 1.82) is 0 Å². The van der Waals surface area contributed by atoms with E-state index in [-0.39, 0.29) is 6.10 Å². The number of β-amino-alcohol motifs (C(OH)–C–C–N with tert-alkyl or cyclic N) is 1. The molecule has 0 saturated carbocycles. The van der Waals surface area contributed by atoms with E-state index in [1.807, 2.05) is 6.20 Å². The van der Waals surface area contributed by atoms with E-state index in [2.05, 4.69) is 42.0 Å². The molecule has 1 aliphatic heterocycles. The summed E-state index contributed by atoms with van der Waals surface area (Å²) in [6.07, 6.45) is 3.70. The zero-order valence-corrected chi connectivity index (χ0v) is 12.9. The van der Waals surface area contributed by atoms with Gasteiger partial charge in [0.15, 0.2) is 0 Å². The van der Waals surface area contributed by atoms with Crippen LogP contribution in [0, 0.1) is 12.8 Å². The number of nitrogens with zero attached hydrogens (tertiary/aromatic N) is 2. The van der Waals surface area contributed by atoms with Crippen LogP contribution in [0.2, 0.25) is 0 Å². The Balaban J connectivity index is 1.98. The third-order valence-corrected chi connectivity index (χ3v) is 3.69. The maximum atomic E-state index is 9.78. The van der Waals surface area contributed by atoms with E-state index >= 15 is 0 Å². The summed E-state index contributed by atoms with van der Waals surface area (Å²) in [5.74, 6) is 1.69. The van der Waals surface area contributed by atoms with Crippen molar-refractivity contribution in [2.45, 2.75) is 46.3 Å². The molecule has 4 heteroatoms. The van der Waals surface area contributed by atoms with Crippen molar-refractivity contribution >= 4 is 5.82 Å². The molecule has 0 spiro atoms. The van der Waals surface area contributed by atoms with Gasteiger partial charge >= 0.3 is 0 Å². The Morgan fingerprint density at radius 1 is 1.50 bits per heavy atom. The molecular weight excluding hydrogens is 250 g/mol. The van der Waals surface area contributed by atoms with Gasteiger partial charge in [-0.25, -0.2) is 4.98 Å². The van der Waals surface area contributed by atoms with E-state index in [1.165, 1.54) is 11.1 Å². The first kappa shape index (κ1) is 15.3. The maximum absolute atomic E-state index is 9.78. The minimum absolute atomic E-state index is 0.211. The van der Waals surface area contributed by atoms with Gasteiger partial charge in [-0.2, -0.15) is 0 Å². The number of aromatic nitrogens is 1. The first-order chi connectivity index (χ1) is 9.56. The second-order valence-electron chi connectivity index (χ2n) is 6.25. The van der Waals surface area contributed by atoms with Gasteiger partial charge in [0, 0.05) is 25.8 Å². The quantitative estimate of drug-likeness (QED) is 0.865. The summed E-state index contributed by atoms with van der Waals surface area (Å²) in [6.45, 7) is 10.1. The van der Waals surface area contributed by atoms with Crippen molar-refractivity contribution in [3.8, 4) is 0 Å². The van der Waals surface area contributed by atoms with Crippen LogP contribution in [-0.2, 0) is 6.54 Å². The lowest BCUT2D eigenvalue weighted by molar-refractivity contribution is 0.154. The van der Waals surface area contributed by atoms with E-state index < -0.39 is 0 Å². The van der Waals surface area contributed by atoms with Crippen LogP contribution in [0.1, 0.15) is 37.8 Å². The molecule has 2 rings (SSSR count). The molecule has 2 N–H and O–H groups in total. The number of pyridine rings is 1. The molecule has 1 aromatic heterocycles. The molecule has 1 saturated heterocycles. The smallest absolute Gasteiger partial charge is 0.131 e. The van der Waals surface area contributed by atoms with E-state index in [0.717, 1.165) is 38.3 Å². The standard InChI is InChI=1S/C16H27N3O/c1-12(2)8-17-9-14-7-13(3)16(18-10-14)19-6-4-5-15(20)11-19/h7,10,12,15,17,20H,4-6,8-9,11H2,1-3H3. The zero-order valence-electron chi connectivity index (χ0n) is 12.9. The summed E-state index contributed by atoms with van der Waals surface area (Å²) in [4.78, 5) is 6.81. The van der Waals surface area contributed by atoms with Crippen molar-refractivity contribution in [2.75, 3.05) is 24.5 Å². The van der Waals surface area contributed by atoms with Gasteiger partial charge in [0.05, 0.1) is 6.10 Å². The lowest BCUT2D eigenvalue weighted by Gasteiger charge is -2.32. The first-order valence-electron chi connectivity index (χ1n) is 7.65. The Labute approximate surface area is 122 Å². The molecule has 112 valence electrons. The van der Waals surface area contributed by atoms with Crippen LogP contribution in [-0.4, -0.2) is 35.8 Å². The number of hydrogen-bond acceptors (Lipinski definition) is 4. The van der Waals surface area contributed by atoms with Crippen LogP contribution in [0.15, 0.2) is 12.3 Å². The van der Waals surface area contributed by atoms with Crippen LogP contribution >= 0.6 is 0 Å². The SMILES string of the molecule is Cc1cc(CNCC(C)C)cnc1N1CCCC(O)C1. The minimum Gasteiger partial charge on any atom is -0.391 e. The predicted octanol–water partition coefficient (Wildman–Crippen LogP) is 2.10. The summed E-state index contributed by atoms with van der Waals surface area (Å²) >= 11 is 0. The highest BCUT2D eigenvalue weighted by molar-refractivity contribution is 5.47. The van der Waals surface area contributed by atoms with Gasteiger partial charge in [0.25, 0.3) is 0 Å². The van der Waals surface area contributed by atoms with Gasteiger partial charge in [0.2, 0.25) is 0 Å². The first-order valence-corrected chi connectivity index (χ1v) is 7.65. The molecule has 1 aliphatic rings. The summed E-state index contributed by atoms with van der Waals surface area (Å²) < 4.78 is 0. The molecule has 0 bridgehead atoms. The van der Waals surface area contributed by atoms with Gasteiger partial charge in [0.1, 0.15) is 5.82 Å². The molecule has 1 unspecified atom stereocenters. The molecule has 1 fully saturated rings. The fourth-order valence-corrected chi connectivity index (χ4v) is 2.71. The van der Waals surface area contributed by atoms with Crippen LogP contribution in [0.25, 0.3) is 0 Å². The lowest BCUT2D eigenvalue weighted by Crippen LogP contribution is -2.39. The van der Waals surface area contributed by atoms with Crippen LogP contribution < -0.4 is 10.2 Å². The molecule has 1 atom stereocenters. The second kappa shape index (κ2) is 7.04. The number of aryl methyl sites for hydroxylation is 1. The Kier molecular flexibility index (Phi) is 5.38. The average molecular weight is 277 g/mol. The summed E-state index contributed by atoms with van der Waals surface area (Å²) in [7, 11) is 0. The predicted molar refractivity (Wildman–Crippen MR) is 83.0 cm³/mol. The van der Waals surface area contributed by atoms with Crippen LogP contribution in [0.5, 0.6) is 0 Å². The van der Waals surface area contributed by atoms with E-state index in [0.29, 0.717) is 12.5 Å². The van der Waals surface area contributed by atoms with Gasteiger partial charge in [-0.3, -0.25) is 0 Å². The molecule has 0 amide bonds. The number of anilines is 1. The summed E-state index contributed by atoms with van der Waals surface area (Å²) in [5.41, 5.74) is 2.42. The molecule has 0 aliphatic carbocycles. The number of piperidine rings is 1. The van der Waals surface area contributed by atoms with Gasteiger partial charge in [-0.05, 0) is 49.4 Å². The van der Waals surface area contributed by atoms with E-state index in [4.69, 9.17) is 0 Å². The Hall–Kier alpha value is -1.13. The zero-order chi connectivity index (χ0) is 14.5. The van der Waals surface area contributed by atoms with E-state index in [1.54, 1.807) is 0 Å². The minimum atomic E-state index is -0.211. The molecule has 2 heterocycles. The Morgan fingerprint density at radius 3 is 2.95 bits per heavy atom. The monoisotopic (exact) mass is 277 g/mol. The summed E-state index contributed by atoms with van der Waals surface area (Å²) in [5, 5.41) is 13.2. The average Bonchev–Trinajstić information content (AvgIpc) is 2.38. The van der Waals surface area contributed by atoms with Crippen molar-refractivity contribution < 1.29 is 5.11 Å². The molecule has 0 radical (unpaired) electrons. The van der Waals surface area contributed by atoms with E-state index in [9.17, 15) is 5.11 Å². The van der Waals surface area contributed by atoms with Crippen molar-refractivity contribution in [3.05, 3.63) is 23.4 Å². The number of hydrogen-bond donors (Lipinski definition) is 2. The largest absolute Gasteiger partial charge is 0.391 e.